The zero-order valence-electron chi connectivity index (χ0n) is 17.3. The smallest absolute Gasteiger partial charge is 0.229 e. The van der Waals surface area contributed by atoms with E-state index in [1.165, 1.54) is 0 Å². The van der Waals surface area contributed by atoms with Gasteiger partial charge in [0.2, 0.25) is 11.7 Å². The number of rotatable bonds is 3. The lowest BCUT2D eigenvalue weighted by atomic mass is 9.93. The topological polar surface area (TPSA) is 151 Å². The highest BCUT2D eigenvalue weighted by Crippen LogP contribution is 2.82. The van der Waals surface area contributed by atoms with Crippen molar-refractivity contribution in [2.45, 2.75) is 24.2 Å². The first-order valence-electron chi connectivity index (χ1n) is 10.3. The minimum atomic E-state index is -1.39. The van der Waals surface area contributed by atoms with E-state index in [0.717, 1.165) is 0 Å². The molecule has 3 saturated carbocycles. The fourth-order valence-electron chi connectivity index (χ4n) is 5.62. The molecule has 3 aliphatic carbocycles. The lowest BCUT2D eigenvalue weighted by Crippen LogP contribution is -2.45. The number of fused-ring (bicyclic) bond motifs is 4. The molecule has 0 bridgehead atoms. The minimum Gasteiger partial charge on any atom is -0.389 e. The van der Waals surface area contributed by atoms with Gasteiger partial charge in [0.1, 0.15) is 11.3 Å². The lowest BCUT2D eigenvalue weighted by molar-refractivity contribution is -0.134. The summed E-state index contributed by atoms with van der Waals surface area (Å²) in [6.45, 7) is 0. The van der Waals surface area contributed by atoms with Gasteiger partial charge in [-0.05, 0) is 24.2 Å². The van der Waals surface area contributed by atoms with Gasteiger partial charge in [-0.1, -0.05) is 0 Å². The van der Waals surface area contributed by atoms with E-state index in [1.54, 1.807) is 43.6 Å². The molecular weight excluding hydrogens is 412 g/mol. The number of carbonyl (C=O) groups excluding carboxylic acids is 1. The van der Waals surface area contributed by atoms with Gasteiger partial charge in [-0.15, -0.1) is 0 Å². The quantitative estimate of drug-likeness (QED) is 0.385. The minimum absolute atomic E-state index is 0.0774. The number of aliphatic hydroxyl groups excluding tert-OH is 1. The zero-order valence-corrected chi connectivity index (χ0v) is 17.3. The Morgan fingerprint density at radius 1 is 1.25 bits per heavy atom. The number of imidazole rings is 1. The van der Waals surface area contributed by atoms with Crippen molar-refractivity contribution in [2.75, 3.05) is 19.4 Å². The Kier molecular flexibility index (Phi) is 3.71. The summed E-state index contributed by atoms with van der Waals surface area (Å²) in [4.78, 5) is 33.9. The van der Waals surface area contributed by atoms with Crippen LogP contribution in [-0.4, -0.2) is 71.4 Å². The van der Waals surface area contributed by atoms with Crippen molar-refractivity contribution in [3.05, 3.63) is 36.4 Å². The van der Waals surface area contributed by atoms with E-state index >= 15 is 0 Å². The molecule has 0 aromatic carbocycles. The van der Waals surface area contributed by atoms with Gasteiger partial charge >= 0.3 is 0 Å². The van der Waals surface area contributed by atoms with Crippen LogP contribution in [0.4, 0.5) is 5.82 Å². The first-order valence-corrected chi connectivity index (χ1v) is 10.3. The van der Waals surface area contributed by atoms with Crippen LogP contribution >= 0.6 is 0 Å². The van der Waals surface area contributed by atoms with Crippen molar-refractivity contribution in [1.29, 1.82) is 0 Å². The maximum atomic E-state index is 12.4. The fraction of sp³-hybridized carbons (Fsp3) is 0.429. The maximum Gasteiger partial charge on any atom is 0.229 e. The van der Waals surface area contributed by atoms with Crippen LogP contribution in [0.2, 0.25) is 0 Å². The fourth-order valence-corrected chi connectivity index (χ4v) is 5.62. The Labute approximate surface area is 182 Å². The predicted molar refractivity (Wildman–Crippen MR) is 111 cm³/mol. The molecule has 11 heteroatoms. The maximum absolute atomic E-state index is 12.4. The summed E-state index contributed by atoms with van der Waals surface area (Å²) in [6.07, 6.45) is 5.68. The second-order valence-corrected chi connectivity index (χ2v) is 8.50. The first-order chi connectivity index (χ1) is 15.5. The van der Waals surface area contributed by atoms with E-state index < -0.39 is 23.2 Å². The van der Waals surface area contributed by atoms with E-state index in [9.17, 15) is 15.0 Å². The summed E-state index contributed by atoms with van der Waals surface area (Å²) in [6, 6.07) is -0.423. The molecule has 162 valence electrons. The highest BCUT2D eigenvalue weighted by atomic mass is 16.4. The molecule has 3 aromatic heterocycles. The number of carbonyl (C=O) groups is 1. The summed E-state index contributed by atoms with van der Waals surface area (Å²) >= 11 is 0. The van der Waals surface area contributed by atoms with Gasteiger partial charge in [0.25, 0.3) is 0 Å². The largest absolute Gasteiger partial charge is 0.389 e. The number of aliphatic hydroxyl groups is 2. The van der Waals surface area contributed by atoms with Crippen molar-refractivity contribution in [2.24, 2.45) is 17.3 Å². The van der Waals surface area contributed by atoms with Crippen LogP contribution < -0.4 is 10.6 Å². The number of nitrogens with zero attached hydrogens (tertiary/aromatic N) is 6. The lowest BCUT2D eigenvalue weighted by Gasteiger charge is -2.25. The van der Waals surface area contributed by atoms with Crippen molar-refractivity contribution in [1.82, 2.24) is 34.8 Å². The molecule has 1 amide bonds. The average molecular weight is 432 g/mol. The van der Waals surface area contributed by atoms with Crippen LogP contribution in [-0.2, 0) is 4.79 Å². The van der Waals surface area contributed by atoms with Gasteiger partial charge in [0.15, 0.2) is 17.0 Å². The summed E-state index contributed by atoms with van der Waals surface area (Å²) in [5.74, 6) is 6.01. The molecule has 3 heterocycles. The van der Waals surface area contributed by atoms with Crippen molar-refractivity contribution in [3.8, 4) is 11.8 Å². The van der Waals surface area contributed by atoms with Crippen LogP contribution in [0.15, 0.2) is 24.9 Å². The highest BCUT2D eigenvalue weighted by molar-refractivity contribution is 5.89. The summed E-state index contributed by atoms with van der Waals surface area (Å²) < 4.78 is 1.77. The normalized spacial score (nSPS) is 33.6. The molecule has 0 saturated heterocycles. The van der Waals surface area contributed by atoms with Gasteiger partial charge in [-0.2, -0.15) is 0 Å². The molecule has 6 atom stereocenters. The van der Waals surface area contributed by atoms with E-state index in [0.29, 0.717) is 29.1 Å². The Balaban J connectivity index is 1.39. The third-order valence-corrected chi connectivity index (χ3v) is 7.13. The average Bonchev–Trinajstić information content (AvgIpc) is 3.63. The first kappa shape index (κ1) is 19.1. The van der Waals surface area contributed by atoms with Crippen LogP contribution in [0, 0.1) is 29.1 Å². The van der Waals surface area contributed by atoms with Gasteiger partial charge in [0.05, 0.1) is 30.1 Å². The molecule has 32 heavy (non-hydrogen) atoms. The van der Waals surface area contributed by atoms with E-state index in [-0.39, 0.29) is 23.6 Å². The molecule has 0 aliphatic heterocycles. The van der Waals surface area contributed by atoms with Crippen LogP contribution in [0.3, 0.4) is 0 Å². The number of nitrogens with one attached hydrogen (secondary N) is 2. The molecule has 6 rings (SSSR count). The molecule has 3 aromatic rings. The number of anilines is 1. The van der Waals surface area contributed by atoms with Gasteiger partial charge in [-0.25, -0.2) is 19.9 Å². The summed E-state index contributed by atoms with van der Waals surface area (Å²) in [5.41, 5.74) is -0.754. The van der Waals surface area contributed by atoms with Crippen LogP contribution in [0.25, 0.3) is 11.2 Å². The number of hydrogen-bond donors (Lipinski definition) is 4. The Morgan fingerprint density at radius 2 is 2.09 bits per heavy atom. The SMILES string of the molecule is CNC(=O)C12CC1[C@H]1C(n3cnc4c(NC)nc(C#Cc5cnccn5)nc43)[C@@]1(O)[C@@H]2O. The summed E-state index contributed by atoms with van der Waals surface area (Å²) in [5, 5.41) is 27.9. The van der Waals surface area contributed by atoms with Crippen molar-refractivity contribution >= 4 is 22.9 Å². The molecule has 3 fully saturated rings. The predicted octanol–water partition coefficient (Wildman–Crippen LogP) is -0.913. The monoisotopic (exact) mass is 432 g/mol. The molecule has 4 N–H and O–H groups in total. The van der Waals surface area contributed by atoms with Crippen LogP contribution in [0.1, 0.15) is 24.0 Å². The van der Waals surface area contributed by atoms with Crippen molar-refractivity contribution in [3.63, 3.8) is 0 Å². The highest BCUT2D eigenvalue weighted by Gasteiger charge is 2.91. The summed E-state index contributed by atoms with van der Waals surface area (Å²) in [7, 11) is 3.28. The number of aromatic nitrogens is 6. The van der Waals surface area contributed by atoms with Gasteiger partial charge in [0, 0.05) is 32.4 Å². The standard InChI is InChI=1S/C21H20N8O3/c1-22-16-14-17(28-12(27-16)4-3-10-8-24-5-6-25-10)29(9-26-14)15-13-11-7-20(11,19(31)23-2)18(30)21(13,15)32/h5-6,8-9,11,13,15,18,30,32H,7H2,1-2H3,(H,23,31)(H,22,27,28)/t11?,13-,15?,18+,20?,21+/m0/s1. The molecule has 11 nitrogen and oxygen atoms in total. The molecule has 3 unspecified atom stereocenters. The second-order valence-electron chi connectivity index (χ2n) is 8.50. The van der Waals surface area contributed by atoms with E-state index in [4.69, 9.17) is 0 Å². The zero-order chi connectivity index (χ0) is 22.3. The van der Waals surface area contributed by atoms with Crippen LogP contribution in [0.5, 0.6) is 0 Å². The Hall–Kier alpha value is -3.62. The van der Waals surface area contributed by atoms with Gasteiger partial charge < -0.3 is 25.4 Å². The van der Waals surface area contributed by atoms with Crippen molar-refractivity contribution < 1.29 is 15.0 Å². The number of hydrogen-bond acceptors (Lipinski definition) is 9. The Morgan fingerprint density at radius 3 is 2.75 bits per heavy atom. The molecule has 0 spiro atoms. The molecular formula is C21H20N8O3. The third-order valence-electron chi connectivity index (χ3n) is 7.13. The van der Waals surface area contributed by atoms with E-state index in [1.807, 2.05) is 0 Å². The third kappa shape index (κ3) is 2.23. The second kappa shape index (κ2) is 6.21. The molecule has 0 radical (unpaired) electrons. The van der Waals surface area contributed by atoms with E-state index in [2.05, 4.69) is 47.4 Å². The molecule has 3 aliphatic rings. The Bertz CT molecular complexity index is 1330. The number of amides is 1. The van der Waals surface area contributed by atoms with Gasteiger partial charge in [-0.3, -0.25) is 9.78 Å².